The van der Waals surface area contributed by atoms with Gasteiger partial charge < -0.3 is 25.2 Å². The fourth-order valence-electron chi connectivity index (χ4n) is 5.93. The smallest absolute Gasteiger partial charge is 0.235 e. The molecule has 4 rings (SSSR count). The number of hydrogen-bond donors (Lipinski definition) is 3. The molecule has 1 aliphatic rings. The number of carbonyl (C=O) groups is 3. The first kappa shape index (κ1) is 32.2. The summed E-state index contributed by atoms with van der Waals surface area (Å²) in [5.74, 6) is -4.16. The van der Waals surface area contributed by atoms with Crippen molar-refractivity contribution in [2.45, 2.75) is 59.5 Å². The van der Waals surface area contributed by atoms with Gasteiger partial charge in [0.05, 0.1) is 29.7 Å². The van der Waals surface area contributed by atoms with Crippen molar-refractivity contribution in [1.29, 1.82) is 0 Å². The SMILES string of the molecule is CCOc1cc(C2C(C(=O)Nc3cccc(C)c3C)C(=O)CC(C)(O)C2C(=O)Nc2cccc(C)c2C)cc(Br)c1OC. The van der Waals surface area contributed by atoms with Gasteiger partial charge in [-0.05, 0) is 110 Å². The molecule has 228 valence electrons. The van der Waals surface area contributed by atoms with E-state index in [1.54, 1.807) is 24.3 Å². The van der Waals surface area contributed by atoms with E-state index in [9.17, 15) is 19.5 Å². The number of nitrogens with one attached hydrogen (secondary N) is 2. The molecule has 3 aromatic rings. The molecule has 0 radical (unpaired) electrons. The molecule has 0 saturated heterocycles. The van der Waals surface area contributed by atoms with Crippen molar-refractivity contribution in [3.63, 3.8) is 0 Å². The maximum Gasteiger partial charge on any atom is 0.235 e. The number of methoxy groups -OCH3 is 1. The lowest BCUT2D eigenvalue weighted by atomic mass is 9.61. The van der Waals surface area contributed by atoms with Gasteiger partial charge in [0, 0.05) is 23.7 Å². The number of carbonyl (C=O) groups excluding carboxylic acids is 3. The van der Waals surface area contributed by atoms with Crippen LogP contribution in [0.3, 0.4) is 0 Å². The first-order chi connectivity index (χ1) is 20.3. The van der Waals surface area contributed by atoms with Gasteiger partial charge in [0.15, 0.2) is 11.5 Å². The average Bonchev–Trinajstić information content (AvgIpc) is 2.92. The number of ketones is 1. The Balaban J connectivity index is 1.89. The lowest BCUT2D eigenvalue weighted by molar-refractivity contribution is -0.150. The summed E-state index contributed by atoms with van der Waals surface area (Å²) >= 11 is 3.54. The fourth-order valence-corrected chi connectivity index (χ4v) is 6.55. The highest BCUT2D eigenvalue weighted by molar-refractivity contribution is 9.10. The van der Waals surface area contributed by atoms with Crippen molar-refractivity contribution in [2.24, 2.45) is 11.8 Å². The van der Waals surface area contributed by atoms with Crippen molar-refractivity contribution in [3.05, 3.63) is 80.8 Å². The van der Waals surface area contributed by atoms with Crippen LogP contribution < -0.4 is 20.1 Å². The van der Waals surface area contributed by atoms with Crippen LogP contribution in [0.25, 0.3) is 0 Å². The van der Waals surface area contributed by atoms with E-state index in [2.05, 4.69) is 26.6 Å². The van der Waals surface area contributed by atoms with Crippen molar-refractivity contribution < 1.29 is 29.0 Å². The number of hydrogen-bond acceptors (Lipinski definition) is 6. The Bertz CT molecular complexity index is 1570. The molecule has 3 N–H and O–H groups in total. The maximum atomic E-state index is 14.2. The van der Waals surface area contributed by atoms with E-state index in [1.165, 1.54) is 14.0 Å². The Kier molecular flexibility index (Phi) is 9.66. The summed E-state index contributed by atoms with van der Waals surface area (Å²) in [6.07, 6.45) is -0.366. The molecule has 4 unspecified atom stereocenters. The molecule has 0 spiro atoms. The van der Waals surface area contributed by atoms with Crippen LogP contribution in [0.15, 0.2) is 53.0 Å². The van der Waals surface area contributed by atoms with E-state index in [0.717, 1.165) is 22.3 Å². The average molecular weight is 652 g/mol. The number of anilines is 2. The molecular formula is C34H39BrN2O6. The second-order valence-corrected chi connectivity index (χ2v) is 12.3. The monoisotopic (exact) mass is 650 g/mol. The molecule has 1 aliphatic carbocycles. The Morgan fingerprint density at radius 1 is 0.977 bits per heavy atom. The number of benzene rings is 3. The number of ether oxygens (including phenoxy) is 2. The van der Waals surface area contributed by atoms with Crippen LogP contribution in [-0.4, -0.2) is 42.0 Å². The highest BCUT2D eigenvalue weighted by atomic mass is 79.9. The summed E-state index contributed by atoms with van der Waals surface area (Å²) in [5, 5.41) is 17.7. The summed E-state index contributed by atoms with van der Waals surface area (Å²) in [7, 11) is 1.51. The standard InChI is InChI=1S/C34H39BrN2O6/c1-8-43-27-16-22(15-23(35)31(27)42-7)28-29(32(39)36-24-13-9-11-18(2)20(24)4)26(38)17-34(6,41)30(28)33(40)37-25-14-10-12-19(3)21(25)5/h9-16,28-30,41H,8,17H2,1-7H3,(H,36,39)(H,37,40). The highest BCUT2D eigenvalue weighted by Gasteiger charge is 2.56. The summed E-state index contributed by atoms with van der Waals surface area (Å²) < 4.78 is 11.9. The Labute approximate surface area is 261 Å². The van der Waals surface area contributed by atoms with Gasteiger partial charge in [-0.1, -0.05) is 24.3 Å². The van der Waals surface area contributed by atoms with E-state index in [0.29, 0.717) is 39.5 Å². The second-order valence-electron chi connectivity index (χ2n) is 11.4. The number of aryl methyl sites for hydroxylation is 2. The van der Waals surface area contributed by atoms with Gasteiger partial charge in [0.25, 0.3) is 0 Å². The predicted molar refractivity (Wildman–Crippen MR) is 171 cm³/mol. The van der Waals surface area contributed by atoms with Gasteiger partial charge in [-0.3, -0.25) is 14.4 Å². The predicted octanol–water partition coefficient (Wildman–Crippen LogP) is 6.41. The van der Waals surface area contributed by atoms with Crippen LogP contribution in [0.5, 0.6) is 11.5 Å². The van der Waals surface area contributed by atoms with Crippen molar-refractivity contribution in [3.8, 4) is 11.5 Å². The van der Waals surface area contributed by atoms with E-state index in [4.69, 9.17) is 9.47 Å². The summed E-state index contributed by atoms with van der Waals surface area (Å²) in [5.41, 5.74) is 3.63. The minimum absolute atomic E-state index is 0.334. The highest BCUT2D eigenvalue weighted by Crippen LogP contribution is 2.49. The Morgan fingerprint density at radius 3 is 2.07 bits per heavy atom. The van der Waals surface area contributed by atoms with Gasteiger partial charge in [-0.25, -0.2) is 0 Å². The summed E-state index contributed by atoms with van der Waals surface area (Å²) in [6, 6.07) is 14.5. The molecule has 1 fully saturated rings. The lowest BCUT2D eigenvalue weighted by Crippen LogP contribution is -2.56. The topological polar surface area (TPSA) is 114 Å². The van der Waals surface area contributed by atoms with Crippen molar-refractivity contribution in [2.75, 3.05) is 24.4 Å². The molecule has 0 aromatic heterocycles. The molecule has 0 aliphatic heterocycles. The van der Waals surface area contributed by atoms with E-state index < -0.39 is 41.0 Å². The zero-order valence-electron chi connectivity index (χ0n) is 25.6. The molecule has 2 amide bonds. The largest absolute Gasteiger partial charge is 0.492 e. The molecule has 8 nitrogen and oxygen atoms in total. The van der Waals surface area contributed by atoms with Crippen LogP contribution in [0.1, 0.15) is 54.0 Å². The minimum atomic E-state index is -1.75. The molecular weight excluding hydrogens is 612 g/mol. The van der Waals surface area contributed by atoms with Crippen LogP contribution in [0.4, 0.5) is 11.4 Å². The zero-order valence-corrected chi connectivity index (χ0v) is 27.2. The first-order valence-electron chi connectivity index (χ1n) is 14.3. The Hall–Kier alpha value is -3.69. The third-order valence-electron chi connectivity index (χ3n) is 8.48. The van der Waals surface area contributed by atoms with Crippen LogP contribution in [0.2, 0.25) is 0 Å². The number of Topliss-reactive ketones (excluding diaryl/α,β-unsaturated/α-hetero) is 1. The molecule has 3 aromatic carbocycles. The quantitative estimate of drug-likeness (QED) is 0.243. The van der Waals surface area contributed by atoms with E-state index >= 15 is 0 Å². The number of aliphatic hydroxyl groups is 1. The van der Waals surface area contributed by atoms with Gasteiger partial charge >= 0.3 is 0 Å². The fraction of sp³-hybridized carbons (Fsp3) is 0.382. The van der Waals surface area contributed by atoms with Crippen LogP contribution in [-0.2, 0) is 14.4 Å². The van der Waals surface area contributed by atoms with E-state index in [-0.39, 0.29) is 6.42 Å². The number of rotatable bonds is 8. The number of amides is 2. The van der Waals surface area contributed by atoms with Crippen molar-refractivity contribution >= 4 is 44.9 Å². The van der Waals surface area contributed by atoms with Gasteiger partial charge in [0.2, 0.25) is 11.8 Å². The molecule has 4 atom stereocenters. The van der Waals surface area contributed by atoms with Crippen LogP contribution >= 0.6 is 15.9 Å². The normalized spacial score (nSPS) is 21.7. The lowest BCUT2D eigenvalue weighted by Gasteiger charge is -2.44. The first-order valence-corrected chi connectivity index (χ1v) is 15.1. The minimum Gasteiger partial charge on any atom is -0.492 e. The Morgan fingerprint density at radius 2 is 1.53 bits per heavy atom. The van der Waals surface area contributed by atoms with E-state index in [1.807, 2.05) is 58.9 Å². The van der Waals surface area contributed by atoms with Gasteiger partial charge in [0.1, 0.15) is 11.7 Å². The maximum absolute atomic E-state index is 14.2. The molecule has 0 bridgehead atoms. The van der Waals surface area contributed by atoms with Gasteiger partial charge in [-0.15, -0.1) is 0 Å². The summed E-state index contributed by atoms with van der Waals surface area (Å²) in [6.45, 7) is 11.3. The molecule has 1 saturated carbocycles. The van der Waals surface area contributed by atoms with Crippen LogP contribution in [0, 0.1) is 39.5 Å². The molecule has 0 heterocycles. The van der Waals surface area contributed by atoms with Gasteiger partial charge in [-0.2, -0.15) is 0 Å². The second kappa shape index (κ2) is 12.9. The molecule has 9 heteroatoms. The number of halogens is 1. The molecule has 43 heavy (non-hydrogen) atoms. The summed E-state index contributed by atoms with van der Waals surface area (Å²) in [4.78, 5) is 42.1. The van der Waals surface area contributed by atoms with Crippen molar-refractivity contribution in [1.82, 2.24) is 0 Å². The third-order valence-corrected chi connectivity index (χ3v) is 9.07. The third kappa shape index (κ3) is 6.48. The zero-order chi connectivity index (χ0) is 31.6.